The Bertz CT molecular complexity index is 882. The average Bonchev–Trinajstić information content (AvgIpc) is 2.97. The van der Waals surface area contributed by atoms with Gasteiger partial charge in [-0.05, 0) is 74.7 Å². The van der Waals surface area contributed by atoms with E-state index in [-0.39, 0.29) is 6.04 Å². The van der Waals surface area contributed by atoms with Gasteiger partial charge in [-0.25, -0.2) is 4.98 Å². The molecule has 0 radical (unpaired) electrons. The predicted molar refractivity (Wildman–Crippen MR) is 105 cm³/mol. The Morgan fingerprint density at radius 1 is 1.08 bits per heavy atom. The number of methoxy groups -OCH3 is 1. The first kappa shape index (κ1) is 18.3. The molecule has 138 valence electrons. The van der Waals surface area contributed by atoms with Crippen LogP contribution in [0.3, 0.4) is 0 Å². The van der Waals surface area contributed by atoms with Crippen LogP contribution in [0.4, 0.5) is 0 Å². The zero-order chi connectivity index (χ0) is 18.7. The first-order valence-corrected chi connectivity index (χ1v) is 8.99. The zero-order valence-corrected chi connectivity index (χ0v) is 16.0. The lowest BCUT2D eigenvalue weighted by atomic mass is 10.1. The predicted octanol–water partition coefficient (Wildman–Crippen LogP) is 4.15. The molecule has 0 spiro atoms. The maximum absolute atomic E-state index is 6.15. The van der Waals surface area contributed by atoms with E-state index in [9.17, 15) is 0 Å². The lowest BCUT2D eigenvalue weighted by molar-refractivity contribution is 0.300. The minimum atomic E-state index is -0.106. The quantitative estimate of drug-likeness (QED) is 0.648. The summed E-state index contributed by atoms with van der Waals surface area (Å²) < 4.78 is 13.2. The van der Waals surface area contributed by atoms with Gasteiger partial charge in [0.1, 0.15) is 17.3 Å². The second kappa shape index (κ2) is 7.79. The second-order valence-electron chi connectivity index (χ2n) is 6.71. The number of hydrogen-bond acceptors (Lipinski definition) is 4. The molecule has 2 N–H and O–H groups in total. The average molecular weight is 353 g/mol. The molecule has 26 heavy (non-hydrogen) atoms. The highest BCUT2D eigenvalue weighted by atomic mass is 16.5. The monoisotopic (exact) mass is 353 g/mol. The fourth-order valence-corrected chi connectivity index (χ4v) is 3.07. The highest BCUT2D eigenvalue weighted by Gasteiger charge is 2.14. The molecule has 0 saturated carbocycles. The van der Waals surface area contributed by atoms with Gasteiger partial charge in [0, 0.05) is 6.54 Å². The first-order valence-electron chi connectivity index (χ1n) is 8.99. The standard InChI is InChI=1S/C21H27N3O2/c1-14-12-19-20(13-15(14)2)24(21(23-19)16(3)22)10-5-11-26-18-8-6-17(25-4)7-9-18/h6-9,12-13,16H,5,10-11,22H2,1-4H3. The molecule has 0 aliphatic rings. The largest absolute Gasteiger partial charge is 0.497 e. The highest BCUT2D eigenvalue weighted by Crippen LogP contribution is 2.24. The summed E-state index contributed by atoms with van der Waals surface area (Å²) in [4.78, 5) is 4.75. The number of nitrogens with zero attached hydrogens (tertiary/aromatic N) is 2. The summed E-state index contributed by atoms with van der Waals surface area (Å²) in [6.45, 7) is 7.68. The molecule has 1 aromatic heterocycles. The molecule has 3 rings (SSSR count). The van der Waals surface area contributed by atoms with Crippen LogP contribution in [0.1, 0.15) is 36.3 Å². The van der Waals surface area contributed by atoms with Crippen LogP contribution in [-0.4, -0.2) is 23.3 Å². The van der Waals surface area contributed by atoms with Crippen LogP contribution in [0, 0.1) is 13.8 Å². The van der Waals surface area contributed by atoms with Gasteiger partial charge in [0.15, 0.2) is 0 Å². The third-order valence-electron chi connectivity index (χ3n) is 4.65. The van der Waals surface area contributed by atoms with Gasteiger partial charge in [-0.1, -0.05) is 0 Å². The number of fused-ring (bicyclic) bond motifs is 1. The normalized spacial score (nSPS) is 12.3. The first-order chi connectivity index (χ1) is 12.5. The van der Waals surface area contributed by atoms with Gasteiger partial charge in [-0.15, -0.1) is 0 Å². The molecule has 0 bridgehead atoms. The smallest absolute Gasteiger partial charge is 0.126 e. The van der Waals surface area contributed by atoms with Crippen molar-refractivity contribution in [1.29, 1.82) is 0 Å². The molecule has 0 saturated heterocycles. The van der Waals surface area contributed by atoms with Crippen molar-refractivity contribution in [2.24, 2.45) is 5.73 Å². The van der Waals surface area contributed by atoms with Gasteiger partial charge in [-0.2, -0.15) is 0 Å². The maximum atomic E-state index is 6.15. The Balaban J connectivity index is 1.71. The van der Waals surface area contributed by atoms with Gasteiger partial charge in [-0.3, -0.25) is 0 Å². The van der Waals surface area contributed by atoms with Gasteiger partial charge < -0.3 is 19.8 Å². The molecule has 2 aromatic carbocycles. The van der Waals surface area contributed by atoms with Gasteiger partial charge >= 0.3 is 0 Å². The van der Waals surface area contributed by atoms with Gasteiger partial charge in [0.2, 0.25) is 0 Å². The second-order valence-corrected chi connectivity index (χ2v) is 6.71. The van der Waals surface area contributed by atoms with Crippen LogP contribution in [0.15, 0.2) is 36.4 Å². The fraction of sp³-hybridized carbons (Fsp3) is 0.381. The van der Waals surface area contributed by atoms with E-state index in [4.69, 9.17) is 20.2 Å². The van der Waals surface area contributed by atoms with Gasteiger partial charge in [0.05, 0.1) is 30.8 Å². The Hall–Kier alpha value is -2.53. The van der Waals surface area contributed by atoms with E-state index in [1.54, 1.807) is 7.11 Å². The highest BCUT2D eigenvalue weighted by molar-refractivity contribution is 5.78. The van der Waals surface area contributed by atoms with Crippen molar-refractivity contribution in [2.45, 2.75) is 39.8 Å². The number of ether oxygens (including phenoxy) is 2. The molecule has 5 nitrogen and oxygen atoms in total. The van der Waals surface area contributed by atoms with E-state index in [2.05, 4.69) is 30.5 Å². The van der Waals surface area contributed by atoms with Crippen LogP contribution in [0.5, 0.6) is 11.5 Å². The van der Waals surface area contributed by atoms with Crippen molar-refractivity contribution < 1.29 is 9.47 Å². The lowest BCUT2D eigenvalue weighted by Crippen LogP contribution is -2.15. The number of hydrogen-bond donors (Lipinski definition) is 1. The molecular formula is C21H27N3O2. The number of nitrogens with two attached hydrogens (primary N) is 1. The summed E-state index contributed by atoms with van der Waals surface area (Å²) in [7, 11) is 1.66. The molecule has 0 fully saturated rings. The summed E-state index contributed by atoms with van der Waals surface area (Å²) in [5, 5.41) is 0. The zero-order valence-electron chi connectivity index (χ0n) is 16.0. The van der Waals surface area contributed by atoms with Crippen molar-refractivity contribution >= 4 is 11.0 Å². The molecule has 1 heterocycles. The number of aromatic nitrogens is 2. The van der Waals surface area contributed by atoms with Crippen molar-refractivity contribution in [3.05, 3.63) is 53.3 Å². The van der Waals surface area contributed by atoms with E-state index in [0.29, 0.717) is 6.61 Å². The number of rotatable bonds is 7. The number of aryl methyl sites for hydroxylation is 3. The Morgan fingerprint density at radius 3 is 2.38 bits per heavy atom. The van der Waals surface area contributed by atoms with Crippen molar-refractivity contribution in [1.82, 2.24) is 9.55 Å². The molecule has 1 atom stereocenters. The number of imidazole rings is 1. The Labute approximate surface area is 154 Å². The van der Waals surface area contributed by atoms with Crippen LogP contribution < -0.4 is 15.2 Å². The molecular weight excluding hydrogens is 326 g/mol. The minimum absolute atomic E-state index is 0.106. The fourth-order valence-electron chi connectivity index (χ4n) is 3.07. The van der Waals surface area contributed by atoms with Crippen LogP contribution in [0.2, 0.25) is 0 Å². The molecule has 3 aromatic rings. The molecule has 0 aliphatic carbocycles. The van der Waals surface area contributed by atoms with Crippen LogP contribution in [0.25, 0.3) is 11.0 Å². The summed E-state index contributed by atoms with van der Waals surface area (Å²) in [6, 6.07) is 11.9. The van der Waals surface area contributed by atoms with Crippen LogP contribution in [-0.2, 0) is 6.54 Å². The summed E-state index contributed by atoms with van der Waals surface area (Å²) in [5.74, 6) is 2.60. The summed E-state index contributed by atoms with van der Waals surface area (Å²) in [5.41, 5.74) is 10.8. The summed E-state index contributed by atoms with van der Waals surface area (Å²) in [6.07, 6.45) is 0.879. The van der Waals surface area contributed by atoms with Gasteiger partial charge in [0.25, 0.3) is 0 Å². The van der Waals surface area contributed by atoms with E-state index < -0.39 is 0 Å². The van der Waals surface area contributed by atoms with Crippen molar-refractivity contribution in [3.63, 3.8) is 0 Å². The van der Waals surface area contributed by atoms with Crippen LogP contribution >= 0.6 is 0 Å². The molecule has 1 unspecified atom stereocenters. The molecule has 0 amide bonds. The third-order valence-corrected chi connectivity index (χ3v) is 4.65. The molecule has 0 aliphatic heterocycles. The lowest BCUT2D eigenvalue weighted by Gasteiger charge is -2.13. The van der Waals surface area contributed by atoms with E-state index in [1.807, 2.05) is 31.2 Å². The SMILES string of the molecule is COc1ccc(OCCCn2c(C(C)N)nc3cc(C)c(C)cc32)cc1. The minimum Gasteiger partial charge on any atom is -0.497 e. The number of benzene rings is 2. The maximum Gasteiger partial charge on any atom is 0.126 e. The van der Waals surface area contributed by atoms with Crippen molar-refractivity contribution in [2.75, 3.05) is 13.7 Å². The van der Waals surface area contributed by atoms with E-state index in [0.717, 1.165) is 41.3 Å². The Kier molecular flexibility index (Phi) is 5.47. The Morgan fingerprint density at radius 2 is 1.73 bits per heavy atom. The van der Waals surface area contributed by atoms with E-state index in [1.165, 1.54) is 11.1 Å². The van der Waals surface area contributed by atoms with Crippen molar-refractivity contribution in [3.8, 4) is 11.5 Å². The van der Waals surface area contributed by atoms with E-state index >= 15 is 0 Å². The third kappa shape index (κ3) is 3.83. The molecule has 5 heteroatoms. The topological polar surface area (TPSA) is 62.3 Å². The summed E-state index contributed by atoms with van der Waals surface area (Å²) >= 11 is 0.